The molecule has 0 saturated carbocycles. The topological polar surface area (TPSA) is 34.1 Å². The van der Waals surface area contributed by atoms with Crippen LogP contribution in [0.1, 0.15) is 0 Å². The predicted molar refractivity (Wildman–Crippen MR) is 157 cm³/mol. The van der Waals surface area contributed by atoms with Crippen molar-refractivity contribution in [1.29, 1.82) is 0 Å². The number of allylic oxidation sites excluding steroid dienone is 4. The van der Waals surface area contributed by atoms with Crippen LogP contribution in [0.25, 0.3) is 0 Å². The maximum atomic E-state index is 12.1. The Kier molecular flexibility index (Phi) is 8.18. The first-order valence-corrected chi connectivity index (χ1v) is 15.2. The zero-order valence-electron chi connectivity index (χ0n) is 20.3. The van der Waals surface area contributed by atoms with Crippen molar-refractivity contribution in [3.8, 4) is 0 Å². The fraction of sp³-hybridized carbons (Fsp3) is 0.0909. The highest BCUT2D eigenvalue weighted by Crippen LogP contribution is 2.50. The third kappa shape index (κ3) is 5.55. The molecule has 0 aliphatic heterocycles. The fourth-order valence-corrected chi connectivity index (χ4v) is 11.2. The minimum Gasteiger partial charge on any atom is -0.233 e. The molecule has 0 bridgehead atoms. The van der Waals surface area contributed by atoms with E-state index in [4.69, 9.17) is 0 Å². The lowest BCUT2D eigenvalue weighted by molar-refractivity contribution is 0.564. The van der Waals surface area contributed by atoms with Crippen molar-refractivity contribution in [3.63, 3.8) is 0 Å². The second-order valence-corrected chi connectivity index (χ2v) is 13.5. The average Bonchev–Trinajstić information content (AvgIpc) is 3.51. The highest BCUT2D eigenvalue weighted by molar-refractivity contribution is 7.77. The first-order chi connectivity index (χ1) is 18.3. The SMILES string of the molecule is O=C=c1cccc(P(CC(C2C=CC=C2)P(c2ccccc2)c2ccccc2)c2ccccc2)c1=C=O. The molecule has 0 aromatic heterocycles. The summed E-state index contributed by atoms with van der Waals surface area (Å²) in [7, 11) is -1.69. The van der Waals surface area contributed by atoms with Gasteiger partial charge in [-0.1, -0.05) is 127 Å². The third-order valence-electron chi connectivity index (χ3n) is 6.61. The normalized spacial score (nSPS) is 14.3. The maximum absolute atomic E-state index is 12.1. The number of hydrogen-bond donors (Lipinski definition) is 0. The van der Waals surface area contributed by atoms with Crippen LogP contribution in [-0.2, 0) is 9.59 Å². The predicted octanol–water partition coefficient (Wildman–Crippen LogP) is 3.37. The molecule has 0 spiro atoms. The van der Waals surface area contributed by atoms with E-state index in [0.717, 1.165) is 11.5 Å². The second kappa shape index (κ2) is 12.1. The minimum atomic E-state index is -0.961. The average molecular weight is 517 g/mol. The van der Waals surface area contributed by atoms with Crippen LogP contribution in [0.5, 0.6) is 0 Å². The molecule has 4 aromatic carbocycles. The van der Waals surface area contributed by atoms with Gasteiger partial charge < -0.3 is 0 Å². The van der Waals surface area contributed by atoms with E-state index < -0.39 is 15.8 Å². The molecule has 0 fully saturated rings. The fourth-order valence-electron chi connectivity index (χ4n) is 4.89. The Balaban J connectivity index is 1.71. The smallest absolute Gasteiger partial charge is 0.134 e. The molecular formula is C33H26O2P2. The van der Waals surface area contributed by atoms with Crippen LogP contribution in [-0.4, -0.2) is 23.7 Å². The largest absolute Gasteiger partial charge is 0.233 e. The first-order valence-electron chi connectivity index (χ1n) is 12.3. The maximum Gasteiger partial charge on any atom is 0.134 e. The summed E-state index contributed by atoms with van der Waals surface area (Å²) in [6.45, 7) is 0. The van der Waals surface area contributed by atoms with E-state index in [2.05, 4.69) is 103 Å². The molecule has 0 radical (unpaired) electrons. The van der Waals surface area contributed by atoms with Crippen LogP contribution in [0.15, 0.2) is 133 Å². The van der Waals surface area contributed by atoms with Crippen molar-refractivity contribution in [1.82, 2.24) is 0 Å². The summed E-state index contributed by atoms with van der Waals surface area (Å²) < 4.78 is 0. The Labute approximate surface area is 219 Å². The number of hydrogen-bond acceptors (Lipinski definition) is 2. The Morgan fingerprint density at radius 1 is 0.622 bits per heavy atom. The van der Waals surface area contributed by atoms with E-state index in [-0.39, 0.29) is 16.8 Å². The highest BCUT2D eigenvalue weighted by atomic mass is 31.1. The molecule has 4 heteroatoms. The van der Waals surface area contributed by atoms with Gasteiger partial charge >= 0.3 is 0 Å². The Morgan fingerprint density at radius 2 is 1.16 bits per heavy atom. The quantitative estimate of drug-likeness (QED) is 0.337. The van der Waals surface area contributed by atoms with Crippen molar-refractivity contribution in [2.24, 2.45) is 5.92 Å². The van der Waals surface area contributed by atoms with E-state index >= 15 is 0 Å². The summed E-state index contributed by atoms with van der Waals surface area (Å²) in [5.74, 6) is 4.31. The van der Waals surface area contributed by atoms with Crippen molar-refractivity contribution in [2.45, 2.75) is 5.66 Å². The van der Waals surface area contributed by atoms with E-state index in [1.54, 1.807) is 6.07 Å². The van der Waals surface area contributed by atoms with Gasteiger partial charge in [0, 0.05) is 16.9 Å². The zero-order valence-corrected chi connectivity index (χ0v) is 22.1. The van der Waals surface area contributed by atoms with Crippen molar-refractivity contribution in [2.75, 3.05) is 6.16 Å². The van der Waals surface area contributed by atoms with E-state index in [9.17, 15) is 9.59 Å². The molecule has 2 unspecified atom stereocenters. The first kappa shape index (κ1) is 25.0. The number of carbonyl (C=O) groups excluding carboxylic acids is 2. The summed E-state index contributed by atoms with van der Waals surface area (Å²) in [5, 5.41) is 5.37. The van der Waals surface area contributed by atoms with Gasteiger partial charge in [0.15, 0.2) is 0 Å². The van der Waals surface area contributed by atoms with Crippen molar-refractivity contribution >= 4 is 48.9 Å². The minimum absolute atomic E-state index is 0.268. The van der Waals surface area contributed by atoms with Gasteiger partial charge in [-0.2, -0.15) is 0 Å². The molecule has 2 nitrogen and oxygen atoms in total. The summed E-state index contributed by atoms with van der Waals surface area (Å²) in [6.07, 6.45) is 9.74. The molecule has 0 amide bonds. The Bertz CT molecular complexity index is 1520. The number of rotatable bonds is 8. The molecule has 5 rings (SSSR count). The lowest BCUT2D eigenvalue weighted by Gasteiger charge is -2.35. The van der Waals surface area contributed by atoms with Gasteiger partial charge in [-0.15, -0.1) is 0 Å². The molecule has 1 aliphatic rings. The summed E-state index contributed by atoms with van der Waals surface area (Å²) in [5.41, 5.74) is 0.282. The van der Waals surface area contributed by atoms with Crippen LogP contribution in [0.2, 0.25) is 0 Å². The summed E-state index contributed by atoms with van der Waals surface area (Å²) in [6, 6.07) is 37.5. The molecule has 37 heavy (non-hydrogen) atoms. The van der Waals surface area contributed by atoms with Crippen LogP contribution in [0.4, 0.5) is 0 Å². The van der Waals surface area contributed by atoms with E-state index in [1.807, 2.05) is 36.3 Å². The molecule has 0 heterocycles. The van der Waals surface area contributed by atoms with Crippen LogP contribution in [0.3, 0.4) is 0 Å². The number of benzene rings is 4. The van der Waals surface area contributed by atoms with Gasteiger partial charge in [0.2, 0.25) is 0 Å². The van der Waals surface area contributed by atoms with Gasteiger partial charge in [0.1, 0.15) is 11.9 Å². The van der Waals surface area contributed by atoms with Gasteiger partial charge in [-0.25, -0.2) is 9.59 Å². The Hall–Kier alpha value is -3.62. The van der Waals surface area contributed by atoms with Crippen LogP contribution < -0.4 is 31.7 Å². The van der Waals surface area contributed by atoms with Gasteiger partial charge in [-0.05, 0) is 44.0 Å². The molecular weight excluding hydrogens is 490 g/mol. The summed E-state index contributed by atoms with van der Waals surface area (Å²) in [4.78, 5) is 23.8. The molecule has 2 atom stereocenters. The van der Waals surface area contributed by atoms with Crippen LogP contribution in [0, 0.1) is 5.92 Å². The molecule has 4 aromatic rings. The molecule has 1 aliphatic carbocycles. The van der Waals surface area contributed by atoms with Crippen molar-refractivity contribution < 1.29 is 9.59 Å². The van der Waals surface area contributed by atoms with E-state index in [0.29, 0.717) is 5.22 Å². The molecule has 180 valence electrons. The highest BCUT2D eigenvalue weighted by Gasteiger charge is 2.33. The van der Waals surface area contributed by atoms with Gasteiger partial charge in [0.05, 0.1) is 10.4 Å². The van der Waals surface area contributed by atoms with Crippen molar-refractivity contribution in [3.05, 3.63) is 144 Å². The Morgan fingerprint density at radius 3 is 1.68 bits per heavy atom. The molecule has 0 saturated heterocycles. The standard InChI is InChI=1S/C33H26O2P2/c34-23-27-15-12-22-32(31(27)24-35)36(28-16-4-1-5-17-28)25-33(26-13-10-11-14-26)37(29-18-6-2-7-19-29)30-20-8-3-9-21-30/h1-22,26,33H,25H2. The van der Waals surface area contributed by atoms with Crippen LogP contribution >= 0.6 is 15.8 Å². The monoisotopic (exact) mass is 516 g/mol. The lowest BCUT2D eigenvalue weighted by atomic mass is 10.1. The van der Waals surface area contributed by atoms with Gasteiger partial charge in [-0.3, -0.25) is 0 Å². The van der Waals surface area contributed by atoms with E-state index in [1.165, 1.54) is 15.9 Å². The molecule has 0 N–H and O–H groups in total. The summed E-state index contributed by atoms with van der Waals surface area (Å²) >= 11 is 0. The lowest BCUT2D eigenvalue weighted by Crippen LogP contribution is -2.42. The second-order valence-electron chi connectivity index (χ2n) is 8.81. The zero-order chi connectivity index (χ0) is 25.5. The van der Waals surface area contributed by atoms with Gasteiger partial charge in [0.25, 0.3) is 0 Å². The third-order valence-corrected chi connectivity index (χ3v) is 12.4.